The van der Waals surface area contributed by atoms with E-state index in [0.29, 0.717) is 39.2 Å². The zero-order valence-corrected chi connectivity index (χ0v) is 17.8. The Morgan fingerprint density at radius 2 is 1.62 bits per heavy atom. The molecule has 2 unspecified atom stereocenters. The predicted octanol–water partition coefficient (Wildman–Crippen LogP) is 3.83. The van der Waals surface area contributed by atoms with Crippen molar-refractivity contribution in [1.82, 2.24) is 0 Å². The first-order chi connectivity index (χ1) is 12.5. The van der Waals surface area contributed by atoms with E-state index in [9.17, 15) is 9.59 Å². The highest BCUT2D eigenvalue weighted by molar-refractivity contribution is 7.00. The number of unbranched alkanes of at least 4 members (excludes halogenated alkanes) is 1. The van der Waals surface area contributed by atoms with Gasteiger partial charge in [-0.3, -0.25) is 9.59 Å². The smallest absolute Gasteiger partial charge is 0.316 e. The molecule has 0 aliphatic rings. The van der Waals surface area contributed by atoms with Crippen molar-refractivity contribution in [1.29, 1.82) is 0 Å². The van der Waals surface area contributed by atoms with E-state index in [2.05, 4.69) is 0 Å². The van der Waals surface area contributed by atoms with Crippen LogP contribution in [0.1, 0.15) is 50.4 Å². The number of hydrogen-bond donors (Lipinski definition) is 0. The van der Waals surface area contributed by atoms with Crippen molar-refractivity contribution < 1.29 is 28.4 Å². The molecule has 2 atom stereocenters. The summed E-state index contributed by atoms with van der Waals surface area (Å²) in [6.07, 6.45) is 2.11. The fourth-order valence-corrected chi connectivity index (χ4v) is 2.38. The van der Waals surface area contributed by atoms with Crippen molar-refractivity contribution in [3.05, 3.63) is 23.8 Å². The van der Waals surface area contributed by atoms with E-state index < -0.39 is 11.9 Å². The van der Waals surface area contributed by atoms with Gasteiger partial charge in [-0.05, 0) is 24.5 Å². The second kappa shape index (κ2) is 13.4. The summed E-state index contributed by atoms with van der Waals surface area (Å²) >= 11 is 0. The Balaban J connectivity index is 0.00000301. The number of esters is 1. The first-order valence-corrected chi connectivity index (χ1v) is 9.24. The fraction of sp³-hybridized carbons (Fsp3) is 0.579. The van der Waals surface area contributed by atoms with Gasteiger partial charge in [-0.2, -0.15) is 0 Å². The third-order valence-corrected chi connectivity index (χ3v) is 3.68. The lowest BCUT2D eigenvalue weighted by atomic mass is 9.91. The van der Waals surface area contributed by atoms with Crippen LogP contribution in [0.15, 0.2) is 18.2 Å². The molecule has 0 aliphatic heterocycles. The highest BCUT2D eigenvalue weighted by Crippen LogP contribution is 2.32. The maximum Gasteiger partial charge on any atom is 0.316 e. The van der Waals surface area contributed by atoms with Gasteiger partial charge in [0, 0.05) is 0 Å². The minimum atomic E-state index is -0.839. The van der Waals surface area contributed by atoms with E-state index in [1.54, 1.807) is 18.2 Å². The lowest BCUT2D eigenvalue weighted by Gasteiger charge is -2.18. The molecular weight excluding hydrogens is 355 g/mol. The van der Waals surface area contributed by atoms with E-state index >= 15 is 0 Å². The zero-order chi connectivity index (χ0) is 20.1. The van der Waals surface area contributed by atoms with Gasteiger partial charge >= 0.3 is 5.97 Å². The summed E-state index contributed by atoms with van der Waals surface area (Å²) in [7, 11) is 3.59. The van der Waals surface area contributed by atoms with Crippen LogP contribution >= 0.6 is 9.12 Å². The molecule has 0 saturated heterocycles. The van der Waals surface area contributed by atoms with Gasteiger partial charge < -0.3 is 18.8 Å². The van der Waals surface area contributed by atoms with Crippen molar-refractivity contribution in [2.45, 2.75) is 40.0 Å². The maximum atomic E-state index is 13.0. The van der Waals surface area contributed by atoms with E-state index in [-0.39, 0.29) is 11.7 Å². The molecule has 26 heavy (non-hydrogen) atoms. The first kappa shape index (κ1) is 24.2. The van der Waals surface area contributed by atoms with Gasteiger partial charge in [0.1, 0.15) is 23.0 Å². The number of carbonyl (C=O) groups is 2. The van der Waals surface area contributed by atoms with Crippen LogP contribution in [0.2, 0.25) is 0 Å². The Bertz CT molecular complexity index is 551. The normalized spacial score (nSPS) is 11.3. The molecule has 0 amide bonds. The number of ether oxygens (including phenoxy) is 3. The molecule has 0 fully saturated rings. The minimum absolute atomic E-state index is 0.219. The van der Waals surface area contributed by atoms with Crippen LogP contribution in [0.4, 0.5) is 0 Å². The Morgan fingerprint density at radius 1 is 1.08 bits per heavy atom. The van der Waals surface area contributed by atoms with E-state index in [0.717, 1.165) is 12.8 Å². The van der Waals surface area contributed by atoms with Crippen LogP contribution in [0.5, 0.6) is 11.5 Å². The van der Waals surface area contributed by atoms with Gasteiger partial charge in [0.25, 0.3) is 0 Å². The average Bonchev–Trinajstić information content (AvgIpc) is 2.67. The van der Waals surface area contributed by atoms with Crippen LogP contribution in [-0.4, -0.2) is 32.6 Å². The summed E-state index contributed by atoms with van der Waals surface area (Å²) in [4.78, 5) is 25.5. The van der Waals surface area contributed by atoms with Gasteiger partial charge in [-0.25, -0.2) is 0 Å². The highest BCUT2D eigenvalue weighted by atomic mass is 31.0. The molecule has 0 bridgehead atoms. The number of Topliss-reactive ketones (excluding diaryl/α,β-unsaturated/α-hetero) is 1. The van der Waals surface area contributed by atoms with Gasteiger partial charge in [0.15, 0.2) is 5.78 Å². The van der Waals surface area contributed by atoms with Crippen LogP contribution < -0.4 is 9.47 Å². The van der Waals surface area contributed by atoms with Crippen molar-refractivity contribution in [2.75, 3.05) is 20.8 Å². The standard InChI is InChI=1S/C19H28O5.H3OP/c1-6-7-9-14(19(21)24-12-13(2)3)18(20)17-15(22-4)10-8-11-16(17)23-5;1-2/h8,10-11,13-14H,6-7,9,12H2,1-5H3;2H3. The zero-order valence-electron chi connectivity index (χ0n) is 16.4. The van der Waals surface area contributed by atoms with Gasteiger partial charge in [0.05, 0.1) is 29.9 Å². The molecule has 6 nitrogen and oxygen atoms in total. The second-order valence-corrected chi connectivity index (χ2v) is 6.12. The summed E-state index contributed by atoms with van der Waals surface area (Å²) in [5.74, 6) is -0.609. The molecular formula is C19H31O6P. The first-order valence-electron chi connectivity index (χ1n) is 8.66. The Hall–Kier alpha value is -1.81. The van der Waals surface area contributed by atoms with Crippen molar-refractivity contribution in [3.63, 3.8) is 0 Å². The molecule has 0 saturated carbocycles. The molecule has 0 heterocycles. The summed E-state index contributed by atoms with van der Waals surface area (Å²) in [6, 6.07) is 5.12. The molecule has 0 spiro atoms. The molecule has 1 aromatic rings. The Kier molecular flexibility index (Phi) is 12.5. The number of benzene rings is 1. The predicted molar refractivity (Wildman–Crippen MR) is 104 cm³/mol. The summed E-state index contributed by atoms with van der Waals surface area (Å²) in [6.45, 7) is 6.24. The number of carbonyl (C=O) groups excluding carboxylic acids is 2. The lowest BCUT2D eigenvalue weighted by molar-refractivity contribution is -0.148. The average molecular weight is 386 g/mol. The third kappa shape index (κ3) is 7.20. The second-order valence-electron chi connectivity index (χ2n) is 6.12. The molecule has 0 aromatic heterocycles. The molecule has 148 valence electrons. The lowest BCUT2D eigenvalue weighted by Crippen LogP contribution is -2.28. The van der Waals surface area contributed by atoms with Gasteiger partial charge in [-0.1, -0.05) is 39.7 Å². The van der Waals surface area contributed by atoms with E-state index in [1.807, 2.05) is 20.8 Å². The number of rotatable bonds is 10. The molecule has 0 N–H and O–H groups in total. The monoisotopic (exact) mass is 386 g/mol. The van der Waals surface area contributed by atoms with Crippen molar-refractivity contribution in [3.8, 4) is 11.5 Å². The summed E-state index contributed by atoms with van der Waals surface area (Å²) in [5, 5.41) is 0. The van der Waals surface area contributed by atoms with Crippen LogP contribution in [0.25, 0.3) is 0 Å². The number of hydrogen-bond acceptors (Lipinski definition) is 6. The largest absolute Gasteiger partial charge is 0.496 e. The minimum Gasteiger partial charge on any atom is -0.496 e. The molecule has 0 radical (unpaired) electrons. The topological polar surface area (TPSA) is 78.9 Å². The third-order valence-electron chi connectivity index (χ3n) is 3.68. The SMILES string of the molecule is CCCCC(C(=O)OCC(C)C)C(=O)c1c(OC)cccc1OC.O=[PH3]. The van der Waals surface area contributed by atoms with Gasteiger partial charge in [0.2, 0.25) is 0 Å². The Labute approximate surface area is 157 Å². The summed E-state index contributed by atoms with van der Waals surface area (Å²) < 4.78 is 24.2. The van der Waals surface area contributed by atoms with Crippen molar-refractivity contribution >= 4 is 20.9 Å². The van der Waals surface area contributed by atoms with Crippen LogP contribution in [-0.2, 0) is 14.1 Å². The fourth-order valence-electron chi connectivity index (χ4n) is 2.38. The summed E-state index contributed by atoms with van der Waals surface area (Å²) in [5.41, 5.74) is 0.296. The molecule has 0 aliphatic carbocycles. The van der Waals surface area contributed by atoms with Crippen LogP contribution in [0, 0.1) is 11.8 Å². The number of methoxy groups -OCH3 is 2. The van der Waals surface area contributed by atoms with E-state index in [4.69, 9.17) is 18.8 Å². The van der Waals surface area contributed by atoms with E-state index in [1.165, 1.54) is 14.2 Å². The van der Waals surface area contributed by atoms with Gasteiger partial charge in [-0.15, -0.1) is 0 Å². The highest BCUT2D eigenvalue weighted by Gasteiger charge is 2.32. The molecule has 1 rings (SSSR count). The quantitative estimate of drug-likeness (QED) is 0.263. The maximum absolute atomic E-state index is 13.0. The molecule has 1 aromatic carbocycles. The van der Waals surface area contributed by atoms with Crippen LogP contribution in [0.3, 0.4) is 0 Å². The Morgan fingerprint density at radius 3 is 2.04 bits per heavy atom. The molecule has 7 heteroatoms. The van der Waals surface area contributed by atoms with Crippen molar-refractivity contribution in [2.24, 2.45) is 11.8 Å². The number of ketones is 1.